The topological polar surface area (TPSA) is 147 Å². The summed E-state index contributed by atoms with van der Waals surface area (Å²) in [5.74, 6) is 1.32. The van der Waals surface area contributed by atoms with Crippen molar-refractivity contribution in [2.24, 2.45) is 5.73 Å². The normalized spacial score (nSPS) is 10.8. The predicted molar refractivity (Wildman–Crippen MR) is 103 cm³/mol. The molecule has 1 atom stereocenters. The number of rotatable bonds is 11. The number of Topliss-reactive ketones (excluding diaryl/α,β-unsaturated/α-hetero) is 1. The van der Waals surface area contributed by atoms with Crippen LogP contribution in [0.5, 0.6) is 0 Å². The largest absolute Gasteiger partial charge is 0.346 e. The maximum absolute atomic E-state index is 11.5. The van der Waals surface area contributed by atoms with Gasteiger partial charge in [0.05, 0.1) is 19.1 Å². The van der Waals surface area contributed by atoms with Gasteiger partial charge in [-0.1, -0.05) is 19.8 Å². The summed E-state index contributed by atoms with van der Waals surface area (Å²) in [4.78, 5) is 57.4. The fourth-order valence-corrected chi connectivity index (χ4v) is 2.01. The highest BCUT2D eigenvalue weighted by Crippen LogP contribution is 1.97. The molecule has 5 N–H and O–H groups in total. The molecule has 0 saturated heterocycles. The zero-order valence-electron chi connectivity index (χ0n) is 15.3. The van der Waals surface area contributed by atoms with Gasteiger partial charge >= 0.3 is 5.91 Å². The van der Waals surface area contributed by atoms with Gasteiger partial charge in [0.1, 0.15) is 0 Å². The Morgan fingerprint density at radius 2 is 1.70 bits per heavy atom. The fraction of sp³-hybridized carbons (Fsp3) is 0.588. The van der Waals surface area contributed by atoms with Gasteiger partial charge in [-0.2, -0.15) is 12.6 Å². The number of hydrogen-bond acceptors (Lipinski definition) is 7. The molecule has 0 spiro atoms. The number of carbonyl (C=O) groups excluding carboxylic acids is 5. The molecule has 0 heterocycles. The molecule has 0 aromatic heterocycles. The molecule has 0 aromatic rings. The van der Waals surface area contributed by atoms with Crippen LogP contribution in [0.25, 0.3) is 0 Å². The molecule has 4 amide bonds. The first-order valence-electron chi connectivity index (χ1n) is 8.59. The molecule has 10 heteroatoms. The van der Waals surface area contributed by atoms with Crippen LogP contribution in [0.3, 0.4) is 0 Å². The molecule has 0 fully saturated rings. The molecule has 0 aromatic carbocycles. The van der Waals surface area contributed by atoms with E-state index >= 15 is 0 Å². The average molecular weight is 398 g/mol. The summed E-state index contributed by atoms with van der Waals surface area (Å²) in [5.41, 5.74) is 5.55. The van der Waals surface area contributed by atoms with Gasteiger partial charge < -0.3 is 16.4 Å². The van der Waals surface area contributed by atoms with Crippen LogP contribution in [0.1, 0.15) is 39.0 Å². The van der Waals surface area contributed by atoms with Crippen molar-refractivity contribution in [3.05, 3.63) is 0 Å². The lowest BCUT2D eigenvalue weighted by molar-refractivity contribution is -0.128. The van der Waals surface area contributed by atoms with Crippen LogP contribution in [0.4, 0.5) is 0 Å². The van der Waals surface area contributed by atoms with Crippen LogP contribution in [-0.4, -0.2) is 54.3 Å². The van der Waals surface area contributed by atoms with Crippen molar-refractivity contribution < 1.29 is 24.0 Å². The van der Waals surface area contributed by atoms with E-state index in [9.17, 15) is 24.0 Å². The smallest absolute Gasteiger partial charge is 0.302 e. The molecule has 0 aliphatic rings. The fourth-order valence-electron chi connectivity index (χ4n) is 1.74. The number of thiol groups is 1. The number of imide groups is 1. The number of nitrogens with one attached hydrogen (secondary N) is 3. The highest BCUT2D eigenvalue weighted by molar-refractivity contribution is 7.80. The Morgan fingerprint density at radius 3 is 2.33 bits per heavy atom. The first kappa shape index (κ1) is 24.6. The molecule has 27 heavy (non-hydrogen) atoms. The first-order chi connectivity index (χ1) is 12.8. The second-order valence-electron chi connectivity index (χ2n) is 5.62. The van der Waals surface area contributed by atoms with Crippen molar-refractivity contribution in [2.45, 2.75) is 45.1 Å². The number of nitrogens with two attached hydrogens (primary N) is 1. The first-order valence-corrected chi connectivity index (χ1v) is 9.22. The summed E-state index contributed by atoms with van der Waals surface area (Å²) in [6, 6.07) is -0.758. The van der Waals surface area contributed by atoms with E-state index in [0.29, 0.717) is 18.6 Å². The monoisotopic (exact) mass is 398 g/mol. The minimum Gasteiger partial charge on any atom is -0.346 e. The SMILES string of the molecule is CCCCCC(=O)NC(=O)C#CC(=O)CNC(=O)CNC(=O)[C@@H](N)CCS. The van der Waals surface area contributed by atoms with Gasteiger partial charge in [0.15, 0.2) is 0 Å². The third-order valence-electron chi connectivity index (χ3n) is 3.22. The minimum atomic E-state index is -0.874. The number of amides is 4. The molecule has 0 aliphatic heterocycles. The summed E-state index contributed by atoms with van der Waals surface area (Å²) in [7, 11) is 0. The summed E-state index contributed by atoms with van der Waals surface area (Å²) in [6.07, 6.45) is 3.09. The van der Waals surface area contributed by atoms with Crippen molar-refractivity contribution in [3.63, 3.8) is 0 Å². The van der Waals surface area contributed by atoms with E-state index in [0.717, 1.165) is 12.8 Å². The predicted octanol–water partition coefficient (Wildman–Crippen LogP) is -1.34. The summed E-state index contributed by atoms with van der Waals surface area (Å²) in [5, 5.41) is 6.63. The molecule has 0 bridgehead atoms. The third kappa shape index (κ3) is 13.5. The molecule has 0 radical (unpaired) electrons. The number of unbranched alkanes of at least 4 members (excludes halogenated alkanes) is 2. The standard InChI is InChI=1S/C17H26N4O5S/c1-2-3-4-5-14(23)21-15(24)7-6-12(22)10-19-16(25)11-20-17(26)13(18)8-9-27/h13,27H,2-5,8-11,18H2,1H3,(H,19,25)(H,20,26)(H,21,23,24)/t13-/m0/s1. The molecule has 0 rings (SSSR count). The van der Waals surface area contributed by atoms with E-state index in [1.165, 1.54) is 0 Å². The molecule has 0 aliphatic carbocycles. The maximum Gasteiger partial charge on any atom is 0.302 e. The van der Waals surface area contributed by atoms with Gasteiger partial charge in [-0.05, 0) is 24.5 Å². The lowest BCUT2D eigenvalue weighted by atomic mass is 10.2. The quantitative estimate of drug-likeness (QED) is 0.126. The van der Waals surface area contributed by atoms with Crippen LogP contribution in [0.2, 0.25) is 0 Å². The summed E-state index contributed by atoms with van der Waals surface area (Å²) >= 11 is 3.95. The Hall–Kier alpha value is -2.38. The molecule has 150 valence electrons. The van der Waals surface area contributed by atoms with Crippen LogP contribution < -0.4 is 21.7 Å². The van der Waals surface area contributed by atoms with E-state index in [2.05, 4.69) is 28.6 Å². The van der Waals surface area contributed by atoms with E-state index in [-0.39, 0.29) is 13.0 Å². The summed E-state index contributed by atoms with van der Waals surface area (Å²) < 4.78 is 0. The second kappa shape index (κ2) is 14.8. The van der Waals surface area contributed by atoms with Gasteiger partial charge in [0.2, 0.25) is 23.5 Å². The van der Waals surface area contributed by atoms with Crippen LogP contribution in [0, 0.1) is 11.8 Å². The van der Waals surface area contributed by atoms with Gasteiger partial charge in [0, 0.05) is 12.3 Å². The molecule has 0 unspecified atom stereocenters. The van der Waals surface area contributed by atoms with Gasteiger partial charge in [0.25, 0.3) is 0 Å². The van der Waals surface area contributed by atoms with Crippen LogP contribution in [0.15, 0.2) is 0 Å². The Morgan fingerprint density at radius 1 is 1.00 bits per heavy atom. The Bertz CT molecular complexity index is 612. The highest BCUT2D eigenvalue weighted by Gasteiger charge is 2.13. The average Bonchev–Trinajstić information content (AvgIpc) is 2.63. The Kier molecular flexibility index (Phi) is 13.5. The molecular weight excluding hydrogens is 372 g/mol. The van der Waals surface area contributed by atoms with Crippen molar-refractivity contribution >= 4 is 42.0 Å². The van der Waals surface area contributed by atoms with E-state index < -0.39 is 42.0 Å². The Labute approximate surface area is 164 Å². The number of hydrogen-bond donors (Lipinski definition) is 5. The highest BCUT2D eigenvalue weighted by atomic mass is 32.1. The molecular formula is C17H26N4O5S. The van der Waals surface area contributed by atoms with Crippen LogP contribution >= 0.6 is 12.6 Å². The van der Waals surface area contributed by atoms with Gasteiger partial charge in [-0.25, -0.2) is 0 Å². The zero-order valence-corrected chi connectivity index (χ0v) is 16.2. The van der Waals surface area contributed by atoms with Gasteiger partial charge in [-0.3, -0.25) is 29.3 Å². The van der Waals surface area contributed by atoms with E-state index in [1.54, 1.807) is 0 Å². The van der Waals surface area contributed by atoms with Crippen molar-refractivity contribution in [1.29, 1.82) is 0 Å². The molecule has 0 saturated carbocycles. The van der Waals surface area contributed by atoms with Crippen LogP contribution in [-0.2, 0) is 24.0 Å². The lowest BCUT2D eigenvalue weighted by Crippen LogP contribution is -2.45. The van der Waals surface area contributed by atoms with E-state index in [4.69, 9.17) is 5.73 Å². The molecule has 9 nitrogen and oxygen atoms in total. The summed E-state index contributed by atoms with van der Waals surface area (Å²) in [6.45, 7) is 1.22. The van der Waals surface area contributed by atoms with Crippen molar-refractivity contribution in [3.8, 4) is 11.8 Å². The Balaban J connectivity index is 4.10. The second-order valence-corrected chi connectivity index (χ2v) is 6.07. The number of ketones is 1. The maximum atomic E-state index is 11.5. The van der Waals surface area contributed by atoms with Crippen molar-refractivity contribution in [1.82, 2.24) is 16.0 Å². The minimum absolute atomic E-state index is 0.217. The third-order valence-corrected chi connectivity index (χ3v) is 3.48. The van der Waals surface area contributed by atoms with E-state index in [1.807, 2.05) is 18.8 Å². The van der Waals surface area contributed by atoms with Crippen molar-refractivity contribution in [2.75, 3.05) is 18.8 Å². The zero-order chi connectivity index (χ0) is 20.7. The number of carbonyl (C=O) groups is 5. The lowest BCUT2D eigenvalue weighted by Gasteiger charge is -2.10. The van der Waals surface area contributed by atoms with Gasteiger partial charge in [-0.15, -0.1) is 0 Å².